The first-order chi connectivity index (χ1) is 12.8. The number of aromatic nitrogens is 2. The summed E-state index contributed by atoms with van der Waals surface area (Å²) in [6.07, 6.45) is 8.86. The van der Waals surface area contributed by atoms with Gasteiger partial charge in [-0.3, -0.25) is 4.79 Å². The molecule has 4 rings (SSSR count). The molecule has 4 nitrogen and oxygen atoms in total. The Morgan fingerprint density at radius 1 is 1.19 bits per heavy atom. The third kappa shape index (κ3) is 4.50. The largest absolute Gasteiger partial charge is 0.341 e. The summed E-state index contributed by atoms with van der Waals surface area (Å²) in [6, 6.07) is 10.5. The minimum atomic E-state index is 0.307. The lowest BCUT2D eigenvalue weighted by molar-refractivity contribution is -0.129. The zero-order valence-corrected chi connectivity index (χ0v) is 16.0. The molecule has 1 aromatic carbocycles. The molecule has 1 amide bonds. The number of rotatable bonds is 7. The van der Waals surface area contributed by atoms with Gasteiger partial charge in [0.2, 0.25) is 5.91 Å². The number of piperidine rings is 1. The van der Waals surface area contributed by atoms with Gasteiger partial charge in [0.25, 0.3) is 0 Å². The van der Waals surface area contributed by atoms with E-state index >= 15 is 0 Å². The number of hydrogen-bond donors (Lipinski definition) is 0. The molecule has 1 aliphatic carbocycles. The smallest absolute Gasteiger partial charge is 0.232 e. The van der Waals surface area contributed by atoms with Crippen molar-refractivity contribution in [3.8, 4) is 0 Å². The van der Waals surface area contributed by atoms with Crippen molar-refractivity contribution in [3.63, 3.8) is 0 Å². The molecule has 1 saturated heterocycles. The molecule has 1 atom stereocenters. The van der Waals surface area contributed by atoms with Crippen molar-refractivity contribution >= 4 is 17.7 Å². The van der Waals surface area contributed by atoms with Gasteiger partial charge < -0.3 is 9.47 Å². The van der Waals surface area contributed by atoms with Crippen molar-refractivity contribution in [2.75, 3.05) is 24.6 Å². The van der Waals surface area contributed by atoms with Crippen LogP contribution in [0.1, 0.15) is 43.0 Å². The van der Waals surface area contributed by atoms with Crippen molar-refractivity contribution in [1.82, 2.24) is 14.5 Å². The molecule has 26 heavy (non-hydrogen) atoms. The van der Waals surface area contributed by atoms with Gasteiger partial charge in [0.05, 0.1) is 5.75 Å². The number of nitrogens with zero attached hydrogens (tertiary/aromatic N) is 3. The Morgan fingerprint density at radius 3 is 2.85 bits per heavy atom. The van der Waals surface area contributed by atoms with Crippen molar-refractivity contribution in [2.24, 2.45) is 5.92 Å². The fourth-order valence-electron chi connectivity index (χ4n) is 3.70. The second-order valence-electron chi connectivity index (χ2n) is 7.54. The zero-order valence-electron chi connectivity index (χ0n) is 15.2. The van der Waals surface area contributed by atoms with Crippen molar-refractivity contribution in [3.05, 3.63) is 54.1 Å². The zero-order chi connectivity index (χ0) is 17.8. The minimum Gasteiger partial charge on any atom is -0.341 e. The number of likely N-dealkylation sites (tertiary alicyclic amines) is 1. The van der Waals surface area contributed by atoms with Crippen LogP contribution in [0, 0.1) is 5.92 Å². The van der Waals surface area contributed by atoms with E-state index in [9.17, 15) is 4.79 Å². The second kappa shape index (κ2) is 8.30. The summed E-state index contributed by atoms with van der Waals surface area (Å²) in [6.45, 7) is 2.56. The van der Waals surface area contributed by atoms with Crippen LogP contribution in [0.15, 0.2) is 42.7 Å². The molecule has 2 heterocycles. The summed E-state index contributed by atoms with van der Waals surface area (Å²) in [5, 5.41) is 0. The average molecular weight is 370 g/mol. The Morgan fingerprint density at radius 2 is 2.04 bits per heavy atom. The van der Waals surface area contributed by atoms with E-state index in [-0.39, 0.29) is 0 Å². The fourth-order valence-corrected chi connectivity index (χ4v) is 4.84. The lowest BCUT2D eigenvalue weighted by Gasteiger charge is -2.32. The SMILES string of the molecule is O=C(CSCC1CC1)N1CCC[C@@H](c2nccn2Cc2ccccc2)C1. The molecule has 5 heteroatoms. The number of hydrogen-bond acceptors (Lipinski definition) is 3. The summed E-state index contributed by atoms with van der Waals surface area (Å²) in [5.74, 6) is 4.46. The summed E-state index contributed by atoms with van der Waals surface area (Å²) < 4.78 is 2.25. The molecule has 2 aliphatic rings. The van der Waals surface area contributed by atoms with Crippen molar-refractivity contribution in [1.29, 1.82) is 0 Å². The maximum absolute atomic E-state index is 12.6. The molecule has 1 aromatic heterocycles. The highest BCUT2D eigenvalue weighted by Gasteiger charge is 2.28. The highest BCUT2D eigenvalue weighted by atomic mass is 32.2. The van der Waals surface area contributed by atoms with E-state index in [1.807, 2.05) is 24.0 Å². The Balaban J connectivity index is 1.36. The van der Waals surface area contributed by atoms with E-state index in [0.29, 0.717) is 17.6 Å². The van der Waals surface area contributed by atoms with Gasteiger partial charge in [-0.15, -0.1) is 0 Å². The fraction of sp³-hybridized carbons (Fsp3) is 0.524. The molecular formula is C21H27N3OS. The maximum atomic E-state index is 12.6. The Kier molecular flexibility index (Phi) is 5.63. The molecule has 138 valence electrons. The Labute approximate surface area is 160 Å². The number of amides is 1. The van der Waals surface area contributed by atoms with Gasteiger partial charge in [-0.25, -0.2) is 4.98 Å². The van der Waals surface area contributed by atoms with Gasteiger partial charge in [-0.2, -0.15) is 11.8 Å². The van der Waals surface area contributed by atoms with Gasteiger partial charge in [0.1, 0.15) is 5.82 Å². The molecule has 1 aliphatic heterocycles. The molecule has 0 N–H and O–H groups in total. The number of thioether (sulfide) groups is 1. The Hall–Kier alpha value is -1.75. The van der Waals surface area contributed by atoms with Gasteiger partial charge >= 0.3 is 0 Å². The molecule has 0 unspecified atom stereocenters. The van der Waals surface area contributed by atoms with Crippen LogP contribution in [0.2, 0.25) is 0 Å². The maximum Gasteiger partial charge on any atom is 0.232 e. The van der Waals surface area contributed by atoms with Crippen LogP contribution >= 0.6 is 11.8 Å². The number of benzene rings is 1. The van der Waals surface area contributed by atoms with Crippen molar-refractivity contribution < 1.29 is 4.79 Å². The average Bonchev–Trinajstić information content (AvgIpc) is 3.39. The first-order valence-corrected chi connectivity index (χ1v) is 10.9. The van der Waals surface area contributed by atoms with Crippen LogP contribution in [-0.4, -0.2) is 45.0 Å². The van der Waals surface area contributed by atoms with Gasteiger partial charge in [0, 0.05) is 37.9 Å². The monoisotopic (exact) mass is 369 g/mol. The summed E-state index contributed by atoms with van der Waals surface area (Å²) in [7, 11) is 0. The Bertz CT molecular complexity index is 726. The topological polar surface area (TPSA) is 38.1 Å². The minimum absolute atomic E-state index is 0.307. The van der Waals surface area contributed by atoms with Crippen LogP contribution in [-0.2, 0) is 11.3 Å². The van der Waals surface area contributed by atoms with Crippen LogP contribution < -0.4 is 0 Å². The van der Waals surface area contributed by atoms with Gasteiger partial charge in [-0.1, -0.05) is 30.3 Å². The molecular weight excluding hydrogens is 342 g/mol. The molecule has 1 saturated carbocycles. The van der Waals surface area contributed by atoms with E-state index in [4.69, 9.17) is 0 Å². The molecule has 0 spiro atoms. The van der Waals surface area contributed by atoms with E-state index in [2.05, 4.69) is 44.9 Å². The highest BCUT2D eigenvalue weighted by Crippen LogP contribution is 2.32. The van der Waals surface area contributed by atoms with Crippen LogP contribution in [0.25, 0.3) is 0 Å². The molecule has 2 aromatic rings. The number of carbonyl (C=O) groups is 1. The summed E-state index contributed by atoms with van der Waals surface area (Å²) in [5.41, 5.74) is 1.28. The van der Waals surface area contributed by atoms with Crippen LogP contribution in [0.3, 0.4) is 0 Å². The second-order valence-corrected chi connectivity index (χ2v) is 8.57. The van der Waals surface area contributed by atoms with Crippen molar-refractivity contribution in [2.45, 2.75) is 38.1 Å². The first-order valence-electron chi connectivity index (χ1n) is 9.70. The predicted molar refractivity (Wildman–Crippen MR) is 106 cm³/mol. The molecule has 2 fully saturated rings. The number of carbonyl (C=O) groups excluding carboxylic acids is 1. The quantitative estimate of drug-likeness (QED) is 0.745. The first kappa shape index (κ1) is 17.7. The third-order valence-corrected chi connectivity index (χ3v) is 6.52. The van der Waals surface area contributed by atoms with Crippen LogP contribution in [0.4, 0.5) is 0 Å². The van der Waals surface area contributed by atoms with E-state index < -0.39 is 0 Å². The predicted octanol–water partition coefficient (Wildman–Crippen LogP) is 3.78. The molecule has 0 radical (unpaired) electrons. The lowest BCUT2D eigenvalue weighted by atomic mass is 9.97. The van der Waals surface area contributed by atoms with E-state index in [1.165, 1.54) is 18.4 Å². The number of imidazole rings is 1. The van der Waals surface area contributed by atoms with E-state index in [0.717, 1.165) is 50.0 Å². The lowest BCUT2D eigenvalue weighted by Crippen LogP contribution is -2.40. The van der Waals surface area contributed by atoms with Gasteiger partial charge in [-0.05, 0) is 42.9 Å². The third-order valence-electron chi connectivity index (χ3n) is 5.36. The van der Waals surface area contributed by atoms with Gasteiger partial charge in [0.15, 0.2) is 0 Å². The van der Waals surface area contributed by atoms with Crippen LogP contribution in [0.5, 0.6) is 0 Å². The normalized spacial score (nSPS) is 20.3. The summed E-state index contributed by atoms with van der Waals surface area (Å²) in [4.78, 5) is 19.3. The van der Waals surface area contributed by atoms with E-state index in [1.54, 1.807) is 0 Å². The molecule has 0 bridgehead atoms. The summed E-state index contributed by atoms with van der Waals surface area (Å²) >= 11 is 1.82. The highest BCUT2D eigenvalue weighted by molar-refractivity contribution is 7.99. The standard InChI is InChI=1S/C21H27N3OS/c25-20(16-26-15-18-8-9-18)23-11-4-7-19(14-23)21-22-10-12-24(21)13-17-5-2-1-3-6-17/h1-3,5-6,10,12,18-19H,4,7-9,11,13-16H2/t19-/m1/s1.